The van der Waals surface area contributed by atoms with Crippen molar-refractivity contribution in [2.75, 3.05) is 44.6 Å². The van der Waals surface area contributed by atoms with Crippen molar-refractivity contribution in [1.82, 2.24) is 15.1 Å². The molecule has 2 aromatic rings. The number of fused-ring (bicyclic) bond motifs is 1. The van der Waals surface area contributed by atoms with Crippen LogP contribution in [0.2, 0.25) is 0 Å². The largest absolute Gasteiger partial charge is 0.454 e. The topological polar surface area (TPSA) is 88.6 Å². The Balaban J connectivity index is 1.59. The molecule has 0 spiro atoms. The molecule has 2 N–H and O–H groups in total. The second-order valence-corrected chi connectivity index (χ2v) is 5.56. The summed E-state index contributed by atoms with van der Waals surface area (Å²) >= 11 is 0. The number of nitrogens with one attached hydrogen (secondary N) is 2. The fourth-order valence-corrected chi connectivity index (χ4v) is 2.12. The SMILES string of the molecule is CN(C)CCNc1ccc(C(=O)Nc2ccc3c(c2)OCO3)nn1. The fraction of sp³-hybridized carbons (Fsp3) is 0.312. The zero-order valence-corrected chi connectivity index (χ0v) is 13.6. The lowest BCUT2D eigenvalue weighted by Gasteiger charge is -2.10. The van der Waals surface area contributed by atoms with Gasteiger partial charge in [0.1, 0.15) is 5.82 Å². The minimum absolute atomic E-state index is 0.195. The highest BCUT2D eigenvalue weighted by molar-refractivity contribution is 6.02. The minimum atomic E-state index is -0.332. The Kier molecular flexibility index (Phi) is 4.76. The van der Waals surface area contributed by atoms with Crippen molar-refractivity contribution in [3.63, 3.8) is 0 Å². The number of ether oxygens (including phenoxy) is 2. The average Bonchev–Trinajstić information content (AvgIpc) is 3.03. The molecule has 126 valence electrons. The molecule has 0 saturated carbocycles. The van der Waals surface area contributed by atoms with E-state index in [2.05, 4.69) is 25.7 Å². The first-order valence-electron chi connectivity index (χ1n) is 7.55. The summed E-state index contributed by atoms with van der Waals surface area (Å²) in [6.45, 7) is 1.83. The molecule has 0 radical (unpaired) electrons. The van der Waals surface area contributed by atoms with E-state index >= 15 is 0 Å². The molecule has 1 aliphatic rings. The van der Waals surface area contributed by atoms with Gasteiger partial charge in [0.05, 0.1) is 0 Å². The van der Waals surface area contributed by atoms with E-state index in [-0.39, 0.29) is 18.4 Å². The number of nitrogens with zero attached hydrogens (tertiary/aromatic N) is 3. The van der Waals surface area contributed by atoms with Crippen molar-refractivity contribution in [2.45, 2.75) is 0 Å². The van der Waals surface area contributed by atoms with Gasteiger partial charge in [0.15, 0.2) is 17.2 Å². The zero-order valence-electron chi connectivity index (χ0n) is 13.6. The van der Waals surface area contributed by atoms with Crippen molar-refractivity contribution in [3.8, 4) is 11.5 Å². The molecule has 0 bridgehead atoms. The van der Waals surface area contributed by atoms with Gasteiger partial charge >= 0.3 is 0 Å². The molecule has 8 nitrogen and oxygen atoms in total. The van der Waals surface area contributed by atoms with E-state index in [9.17, 15) is 4.79 Å². The molecule has 0 aliphatic carbocycles. The maximum absolute atomic E-state index is 12.2. The monoisotopic (exact) mass is 329 g/mol. The number of benzene rings is 1. The van der Waals surface area contributed by atoms with Gasteiger partial charge in [0, 0.05) is 24.8 Å². The second-order valence-electron chi connectivity index (χ2n) is 5.56. The first-order valence-corrected chi connectivity index (χ1v) is 7.55. The van der Waals surface area contributed by atoms with Gasteiger partial charge in [-0.3, -0.25) is 4.79 Å². The van der Waals surface area contributed by atoms with Gasteiger partial charge in [-0.05, 0) is 38.4 Å². The predicted octanol–water partition coefficient (Wildman–Crippen LogP) is 1.43. The van der Waals surface area contributed by atoms with E-state index in [4.69, 9.17) is 9.47 Å². The molecule has 1 amide bonds. The second kappa shape index (κ2) is 7.14. The van der Waals surface area contributed by atoms with Crippen LogP contribution < -0.4 is 20.1 Å². The number of carbonyl (C=O) groups excluding carboxylic acids is 1. The molecule has 8 heteroatoms. The third-order valence-corrected chi connectivity index (χ3v) is 3.39. The molecule has 1 aromatic carbocycles. The van der Waals surface area contributed by atoms with E-state index in [0.29, 0.717) is 23.0 Å². The third-order valence-electron chi connectivity index (χ3n) is 3.39. The zero-order chi connectivity index (χ0) is 16.9. The number of rotatable bonds is 6. The van der Waals surface area contributed by atoms with Gasteiger partial charge < -0.3 is 25.0 Å². The highest BCUT2D eigenvalue weighted by atomic mass is 16.7. The van der Waals surface area contributed by atoms with Crippen LogP contribution in [0.4, 0.5) is 11.5 Å². The predicted molar refractivity (Wildman–Crippen MR) is 89.6 cm³/mol. The standard InChI is InChI=1S/C16H19N5O3/c1-21(2)8-7-17-15-6-4-12(19-20-15)16(22)18-11-3-5-13-14(9-11)24-10-23-13/h3-6,9H,7-8,10H2,1-2H3,(H,17,20)(H,18,22). The molecule has 1 aliphatic heterocycles. The number of amides is 1. The van der Waals surface area contributed by atoms with Crippen molar-refractivity contribution in [2.24, 2.45) is 0 Å². The lowest BCUT2D eigenvalue weighted by Crippen LogP contribution is -2.21. The summed E-state index contributed by atoms with van der Waals surface area (Å²) in [5, 5.41) is 13.9. The van der Waals surface area contributed by atoms with Gasteiger partial charge in [0.2, 0.25) is 6.79 Å². The van der Waals surface area contributed by atoms with Crippen molar-refractivity contribution >= 4 is 17.4 Å². The van der Waals surface area contributed by atoms with Gasteiger partial charge in [-0.25, -0.2) is 0 Å². The Labute approximate surface area is 139 Å². The van der Waals surface area contributed by atoms with E-state index in [1.54, 1.807) is 30.3 Å². The summed E-state index contributed by atoms with van der Waals surface area (Å²) in [5.74, 6) is 1.58. The fourth-order valence-electron chi connectivity index (χ4n) is 2.12. The Hall–Kier alpha value is -2.87. The van der Waals surface area contributed by atoms with Crippen molar-refractivity contribution in [1.29, 1.82) is 0 Å². The van der Waals surface area contributed by atoms with Crippen LogP contribution >= 0.6 is 0 Å². The maximum atomic E-state index is 12.2. The van der Waals surface area contributed by atoms with E-state index in [1.165, 1.54) is 0 Å². The Morgan fingerprint density at radius 2 is 2.00 bits per heavy atom. The first-order chi connectivity index (χ1) is 11.6. The number of hydrogen-bond donors (Lipinski definition) is 2. The van der Waals surface area contributed by atoms with Crippen LogP contribution in [0.25, 0.3) is 0 Å². The van der Waals surface area contributed by atoms with E-state index in [0.717, 1.165) is 13.1 Å². The van der Waals surface area contributed by atoms with Crippen LogP contribution in [0, 0.1) is 0 Å². The third kappa shape index (κ3) is 3.90. The van der Waals surface area contributed by atoms with Gasteiger partial charge in [-0.1, -0.05) is 0 Å². The van der Waals surface area contributed by atoms with Crippen LogP contribution in [0.1, 0.15) is 10.5 Å². The van der Waals surface area contributed by atoms with Gasteiger partial charge in [0.25, 0.3) is 5.91 Å². The highest BCUT2D eigenvalue weighted by Crippen LogP contribution is 2.34. The van der Waals surface area contributed by atoms with E-state index < -0.39 is 0 Å². The Bertz CT molecular complexity index is 718. The summed E-state index contributed by atoms with van der Waals surface area (Å²) in [7, 11) is 3.99. The lowest BCUT2D eigenvalue weighted by atomic mass is 10.2. The molecular weight excluding hydrogens is 310 g/mol. The van der Waals surface area contributed by atoms with Crippen LogP contribution in [-0.4, -0.2) is 55.0 Å². The molecule has 0 unspecified atom stereocenters. The maximum Gasteiger partial charge on any atom is 0.276 e. The van der Waals surface area contributed by atoms with Crippen LogP contribution in [0.5, 0.6) is 11.5 Å². The number of aromatic nitrogens is 2. The first kappa shape index (κ1) is 16.0. The van der Waals surface area contributed by atoms with Gasteiger partial charge in [-0.15, -0.1) is 10.2 Å². The number of anilines is 2. The number of likely N-dealkylation sites (N-methyl/N-ethyl adjacent to an activating group) is 1. The Morgan fingerprint density at radius 1 is 1.17 bits per heavy atom. The lowest BCUT2D eigenvalue weighted by molar-refractivity contribution is 0.102. The quantitative estimate of drug-likeness (QED) is 0.829. The Morgan fingerprint density at radius 3 is 2.75 bits per heavy atom. The van der Waals surface area contributed by atoms with Crippen molar-refractivity contribution in [3.05, 3.63) is 36.0 Å². The molecule has 0 fully saturated rings. The normalized spacial score (nSPS) is 12.3. The highest BCUT2D eigenvalue weighted by Gasteiger charge is 2.15. The summed E-state index contributed by atoms with van der Waals surface area (Å²) in [6, 6.07) is 8.58. The van der Waals surface area contributed by atoms with Crippen LogP contribution in [-0.2, 0) is 0 Å². The molecule has 2 heterocycles. The molecule has 0 atom stereocenters. The smallest absolute Gasteiger partial charge is 0.276 e. The number of hydrogen-bond acceptors (Lipinski definition) is 7. The van der Waals surface area contributed by atoms with E-state index in [1.807, 2.05) is 14.1 Å². The van der Waals surface area contributed by atoms with Gasteiger partial charge in [-0.2, -0.15) is 0 Å². The van der Waals surface area contributed by atoms with Crippen LogP contribution in [0.3, 0.4) is 0 Å². The molecule has 0 saturated heterocycles. The van der Waals surface area contributed by atoms with Crippen molar-refractivity contribution < 1.29 is 14.3 Å². The summed E-state index contributed by atoms with van der Waals surface area (Å²) in [5.41, 5.74) is 0.852. The molecule has 24 heavy (non-hydrogen) atoms. The van der Waals surface area contributed by atoms with Crippen LogP contribution in [0.15, 0.2) is 30.3 Å². The molecular formula is C16H19N5O3. The summed E-state index contributed by atoms with van der Waals surface area (Å²) in [4.78, 5) is 14.3. The minimum Gasteiger partial charge on any atom is -0.454 e. The average molecular weight is 329 g/mol. The summed E-state index contributed by atoms with van der Waals surface area (Å²) in [6.07, 6.45) is 0. The number of carbonyl (C=O) groups is 1. The summed E-state index contributed by atoms with van der Waals surface area (Å²) < 4.78 is 10.5. The molecule has 3 rings (SSSR count). The molecule has 1 aromatic heterocycles.